The summed E-state index contributed by atoms with van der Waals surface area (Å²) in [6.07, 6.45) is 6.17. The predicted octanol–water partition coefficient (Wildman–Crippen LogP) is 2.41. The Hall–Kier alpha value is -0.570. The highest BCUT2D eigenvalue weighted by Gasteiger charge is 2.31. The van der Waals surface area contributed by atoms with Crippen LogP contribution in [0.2, 0.25) is 0 Å². The Morgan fingerprint density at radius 3 is 2.44 bits per heavy atom. The molecular formula is C15H28N2O. The van der Waals surface area contributed by atoms with E-state index in [1.54, 1.807) is 0 Å². The number of likely N-dealkylation sites (N-methyl/N-ethyl adjacent to an activating group) is 1. The van der Waals surface area contributed by atoms with Gasteiger partial charge in [-0.1, -0.05) is 13.8 Å². The van der Waals surface area contributed by atoms with E-state index in [2.05, 4.69) is 26.1 Å². The van der Waals surface area contributed by atoms with Crippen molar-refractivity contribution in [3.8, 4) is 0 Å². The van der Waals surface area contributed by atoms with Crippen LogP contribution in [0.15, 0.2) is 0 Å². The Balaban J connectivity index is 1.72. The molecule has 0 radical (unpaired) electrons. The molecule has 3 heteroatoms. The number of rotatable bonds is 5. The lowest BCUT2D eigenvalue weighted by Gasteiger charge is -2.33. The zero-order valence-electron chi connectivity index (χ0n) is 12.1. The average molecular weight is 252 g/mol. The molecule has 0 bridgehead atoms. The van der Waals surface area contributed by atoms with Gasteiger partial charge >= 0.3 is 0 Å². The molecule has 104 valence electrons. The van der Waals surface area contributed by atoms with Crippen molar-refractivity contribution in [2.24, 2.45) is 11.8 Å². The molecule has 2 saturated carbocycles. The van der Waals surface area contributed by atoms with Gasteiger partial charge in [-0.3, -0.25) is 4.79 Å². The molecule has 0 aliphatic heterocycles. The molecule has 1 N–H and O–H groups in total. The number of nitrogens with one attached hydrogen (secondary N) is 1. The molecule has 0 saturated heterocycles. The first-order valence-electron chi connectivity index (χ1n) is 7.64. The zero-order chi connectivity index (χ0) is 13.1. The Labute approximate surface area is 111 Å². The van der Waals surface area contributed by atoms with Crippen molar-refractivity contribution in [1.29, 1.82) is 0 Å². The van der Waals surface area contributed by atoms with E-state index in [4.69, 9.17) is 0 Å². The summed E-state index contributed by atoms with van der Waals surface area (Å²) >= 11 is 0. The van der Waals surface area contributed by atoms with E-state index >= 15 is 0 Å². The van der Waals surface area contributed by atoms with E-state index in [9.17, 15) is 4.79 Å². The van der Waals surface area contributed by atoms with Gasteiger partial charge in [0.05, 0.1) is 6.54 Å². The highest BCUT2D eigenvalue weighted by atomic mass is 16.2. The van der Waals surface area contributed by atoms with Gasteiger partial charge in [-0.15, -0.1) is 0 Å². The molecule has 0 aromatic carbocycles. The van der Waals surface area contributed by atoms with Gasteiger partial charge < -0.3 is 10.2 Å². The number of hydrogen-bond acceptors (Lipinski definition) is 2. The van der Waals surface area contributed by atoms with Crippen LogP contribution in [0, 0.1) is 11.8 Å². The first kappa shape index (κ1) is 13.9. The van der Waals surface area contributed by atoms with Crippen LogP contribution in [-0.2, 0) is 4.79 Å². The van der Waals surface area contributed by atoms with E-state index in [-0.39, 0.29) is 0 Å². The lowest BCUT2D eigenvalue weighted by molar-refractivity contribution is -0.130. The Morgan fingerprint density at radius 1 is 1.17 bits per heavy atom. The van der Waals surface area contributed by atoms with E-state index in [0.717, 1.165) is 18.4 Å². The maximum Gasteiger partial charge on any atom is 0.236 e. The summed E-state index contributed by atoms with van der Waals surface area (Å²) in [6, 6.07) is 1.10. The van der Waals surface area contributed by atoms with Crippen LogP contribution in [0.4, 0.5) is 0 Å². The van der Waals surface area contributed by atoms with Crippen LogP contribution in [0.3, 0.4) is 0 Å². The molecule has 2 fully saturated rings. The maximum absolute atomic E-state index is 12.1. The van der Waals surface area contributed by atoms with E-state index < -0.39 is 0 Å². The highest BCUT2D eigenvalue weighted by Crippen LogP contribution is 2.29. The molecule has 3 unspecified atom stereocenters. The summed E-state index contributed by atoms with van der Waals surface area (Å²) in [6.45, 7) is 8.17. The number of nitrogens with zero attached hydrogens (tertiary/aromatic N) is 1. The largest absolute Gasteiger partial charge is 0.339 e. The van der Waals surface area contributed by atoms with Gasteiger partial charge in [0.15, 0.2) is 0 Å². The first-order chi connectivity index (χ1) is 8.61. The summed E-state index contributed by atoms with van der Waals surface area (Å²) in [5, 5.41) is 3.48. The standard InChI is InChI=1S/C15H28N2O/c1-4-17(14-7-8-14)15(18)10-16-13-6-5-11(2)12(3)9-13/h11-14,16H,4-10H2,1-3H3. The van der Waals surface area contributed by atoms with E-state index in [1.807, 2.05) is 4.90 Å². The quantitative estimate of drug-likeness (QED) is 0.815. The van der Waals surface area contributed by atoms with Crippen LogP contribution < -0.4 is 5.32 Å². The summed E-state index contributed by atoms with van der Waals surface area (Å²) < 4.78 is 0. The molecule has 0 aromatic rings. The molecule has 2 aliphatic rings. The molecule has 1 amide bonds. The highest BCUT2D eigenvalue weighted by molar-refractivity contribution is 5.78. The third-order valence-corrected chi connectivity index (χ3v) is 4.79. The molecule has 3 atom stereocenters. The number of carbonyl (C=O) groups excluding carboxylic acids is 1. The van der Waals surface area contributed by atoms with Crippen LogP contribution in [-0.4, -0.2) is 36.0 Å². The molecule has 2 aliphatic carbocycles. The number of hydrogen-bond donors (Lipinski definition) is 1. The minimum atomic E-state index is 0.297. The third kappa shape index (κ3) is 3.47. The molecule has 0 aromatic heterocycles. The SMILES string of the molecule is CCN(C(=O)CNC1CCC(C)C(C)C1)C1CC1. The van der Waals surface area contributed by atoms with Crippen LogP contribution in [0.25, 0.3) is 0 Å². The third-order valence-electron chi connectivity index (χ3n) is 4.79. The van der Waals surface area contributed by atoms with Gasteiger partial charge in [-0.25, -0.2) is 0 Å². The summed E-state index contributed by atoms with van der Waals surface area (Å²) in [7, 11) is 0. The van der Waals surface area contributed by atoms with Gasteiger partial charge in [0, 0.05) is 18.6 Å². The second-order valence-corrected chi connectivity index (χ2v) is 6.26. The monoisotopic (exact) mass is 252 g/mol. The summed E-state index contributed by atoms with van der Waals surface area (Å²) in [5.41, 5.74) is 0. The molecule has 0 heterocycles. The fourth-order valence-electron chi connectivity index (χ4n) is 3.09. The van der Waals surface area contributed by atoms with Crippen molar-refractivity contribution >= 4 is 5.91 Å². The van der Waals surface area contributed by atoms with Crippen molar-refractivity contribution < 1.29 is 4.79 Å². The molecular weight excluding hydrogens is 224 g/mol. The molecule has 0 spiro atoms. The van der Waals surface area contributed by atoms with Crippen molar-refractivity contribution in [1.82, 2.24) is 10.2 Å². The molecule has 3 nitrogen and oxygen atoms in total. The fourth-order valence-corrected chi connectivity index (χ4v) is 3.09. The zero-order valence-corrected chi connectivity index (χ0v) is 12.1. The van der Waals surface area contributed by atoms with Gasteiger partial charge in [-0.2, -0.15) is 0 Å². The predicted molar refractivity (Wildman–Crippen MR) is 74.4 cm³/mol. The average Bonchev–Trinajstić information content (AvgIpc) is 3.16. The van der Waals surface area contributed by atoms with Crippen molar-refractivity contribution in [3.63, 3.8) is 0 Å². The Morgan fingerprint density at radius 2 is 1.89 bits per heavy atom. The van der Waals surface area contributed by atoms with Gasteiger partial charge in [0.25, 0.3) is 0 Å². The van der Waals surface area contributed by atoms with E-state index in [0.29, 0.717) is 24.5 Å². The lowest BCUT2D eigenvalue weighted by atomic mass is 9.79. The van der Waals surface area contributed by atoms with Crippen molar-refractivity contribution in [2.45, 2.75) is 65.0 Å². The maximum atomic E-state index is 12.1. The summed E-state index contributed by atoms with van der Waals surface area (Å²) in [5.74, 6) is 1.93. The minimum Gasteiger partial charge on any atom is -0.339 e. The number of carbonyl (C=O) groups is 1. The lowest BCUT2D eigenvalue weighted by Crippen LogP contribution is -2.44. The minimum absolute atomic E-state index is 0.297. The molecule has 18 heavy (non-hydrogen) atoms. The van der Waals surface area contributed by atoms with Crippen molar-refractivity contribution in [3.05, 3.63) is 0 Å². The van der Waals surface area contributed by atoms with Crippen LogP contribution in [0.1, 0.15) is 52.9 Å². The number of amides is 1. The second kappa shape index (κ2) is 6.05. The Kier molecular flexibility index (Phi) is 4.66. The fraction of sp³-hybridized carbons (Fsp3) is 0.933. The van der Waals surface area contributed by atoms with Crippen molar-refractivity contribution in [2.75, 3.05) is 13.1 Å². The molecule has 2 rings (SSSR count). The second-order valence-electron chi connectivity index (χ2n) is 6.26. The Bertz CT molecular complexity index is 288. The van der Waals surface area contributed by atoms with E-state index in [1.165, 1.54) is 32.1 Å². The van der Waals surface area contributed by atoms with Gasteiger partial charge in [-0.05, 0) is 50.9 Å². The first-order valence-corrected chi connectivity index (χ1v) is 7.64. The van der Waals surface area contributed by atoms with Gasteiger partial charge in [0.2, 0.25) is 5.91 Å². The summed E-state index contributed by atoms with van der Waals surface area (Å²) in [4.78, 5) is 14.2. The van der Waals surface area contributed by atoms with Crippen LogP contribution in [0.5, 0.6) is 0 Å². The van der Waals surface area contributed by atoms with Gasteiger partial charge in [0.1, 0.15) is 0 Å². The van der Waals surface area contributed by atoms with Crippen LogP contribution >= 0.6 is 0 Å². The smallest absolute Gasteiger partial charge is 0.236 e. The topological polar surface area (TPSA) is 32.3 Å². The normalized spacial score (nSPS) is 32.3.